The van der Waals surface area contributed by atoms with Crippen LogP contribution in [0.5, 0.6) is 5.75 Å². The fraction of sp³-hybridized carbons (Fsp3) is 0.261. The summed E-state index contributed by atoms with van der Waals surface area (Å²) < 4.78 is 19.7. The molecule has 0 unspecified atom stereocenters. The van der Waals surface area contributed by atoms with Crippen molar-refractivity contribution in [3.8, 4) is 5.75 Å². The molecule has 32 heavy (non-hydrogen) atoms. The smallest absolute Gasteiger partial charge is 0.329 e. The molecule has 2 aromatic rings. The number of imide groups is 1. The molecular weight excluding hydrogens is 415 g/mol. The lowest BCUT2D eigenvalue weighted by Gasteiger charge is -2.18. The lowest BCUT2D eigenvalue weighted by Crippen LogP contribution is -2.38. The molecule has 2 aliphatic heterocycles. The number of rotatable bonds is 6. The van der Waals surface area contributed by atoms with Crippen LogP contribution in [0.1, 0.15) is 18.4 Å². The topological polar surface area (TPSA) is 91.0 Å². The SMILES string of the molecule is COc1ccccc1NC(=O)CN1C(=O)N/C(=C/c2ccc(N3CCCC3)c(F)c2)C1=O. The first kappa shape index (κ1) is 21.4. The summed E-state index contributed by atoms with van der Waals surface area (Å²) in [5.41, 5.74) is 1.38. The Morgan fingerprint density at radius 1 is 1.19 bits per heavy atom. The van der Waals surface area contributed by atoms with Gasteiger partial charge in [0.1, 0.15) is 23.8 Å². The van der Waals surface area contributed by atoms with Crippen LogP contribution in [-0.2, 0) is 9.59 Å². The molecule has 8 nitrogen and oxygen atoms in total. The van der Waals surface area contributed by atoms with E-state index in [1.807, 2.05) is 4.90 Å². The van der Waals surface area contributed by atoms with Crippen molar-refractivity contribution < 1.29 is 23.5 Å². The predicted molar refractivity (Wildman–Crippen MR) is 118 cm³/mol. The van der Waals surface area contributed by atoms with Crippen molar-refractivity contribution in [1.82, 2.24) is 10.2 Å². The monoisotopic (exact) mass is 438 g/mol. The Bertz CT molecular complexity index is 1100. The van der Waals surface area contributed by atoms with Gasteiger partial charge >= 0.3 is 6.03 Å². The van der Waals surface area contributed by atoms with E-state index in [-0.39, 0.29) is 11.5 Å². The minimum atomic E-state index is -0.717. The van der Waals surface area contributed by atoms with Crippen LogP contribution in [0.25, 0.3) is 6.08 Å². The molecule has 9 heteroatoms. The summed E-state index contributed by atoms with van der Waals surface area (Å²) in [4.78, 5) is 40.1. The molecule has 4 amide bonds. The van der Waals surface area contributed by atoms with E-state index in [0.717, 1.165) is 30.8 Å². The molecule has 2 heterocycles. The number of hydrogen-bond donors (Lipinski definition) is 2. The Labute approximate surface area is 184 Å². The summed E-state index contributed by atoms with van der Waals surface area (Å²) in [7, 11) is 1.47. The molecule has 2 fully saturated rings. The number of urea groups is 1. The molecule has 0 aliphatic carbocycles. The molecule has 2 aromatic carbocycles. The standard InChI is InChI=1S/C23H23FN4O4/c1-32-20-7-3-2-6-17(20)25-21(29)14-28-22(30)18(26-23(28)31)13-15-8-9-19(16(24)12-15)27-10-4-5-11-27/h2-3,6-9,12-13H,4-5,10-11,14H2,1H3,(H,25,29)(H,26,31)/b18-13+. The number of methoxy groups -OCH3 is 1. The number of hydrogen-bond acceptors (Lipinski definition) is 5. The van der Waals surface area contributed by atoms with E-state index in [1.165, 1.54) is 19.3 Å². The second kappa shape index (κ2) is 9.09. The molecule has 0 spiro atoms. The van der Waals surface area contributed by atoms with E-state index in [1.54, 1.807) is 36.4 Å². The van der Waals surface area contributed by atoms with Crippen molar-refractivity contribution in [1.29, 1.82) is 0 Å². The molecule has 0 aromatic heterocycles. The maximum Gasteiger partial charge on any atom is 0.329 e. The zero-order valence-electron chi connectivity index (χ0n) is 17.6. The van der Waals surface area contributed by atoms with Gasteiger partial charge in [-0.1, -0.05) is 18.2 Å². The number of nitrogens with one attached hydrogen (secondary N) is 2. The molecule has 0 bridgehead atoms. The van der Waals surface area contributed by atoms with Gasteiger partial charge in [-0.3, -0.25) is 9.59 Å². The predicted octanol–water partition coefficient (Wildman–Crippen LogP) is 2.97. The molecular formula is C23H23FN4O4. The van der Waals surface area contributed by atoms with E-state index >= 15 is 0 Å². The molecule has 2 aliphatic rings. The molecule has 0 atom stereocenters. The van der Waals surface area contributed by atoms with Crippen molar-refractivity contribution in [2.45, 2.75) is 12.8 Å². The number of amides is 4. The average Bonchev–Trinajstić information content (AvgIpc) is 3.39. The first-order valence-corrected chi connectivity index (χ1v) is 10.3. The highest BCUT2D eigenvalue weighted by molar-refractivity contribution is 6.16. The number of benzene rings is 2. The molecule has 0 saturated carbocycles. The lowest BCUT2D eigenvalue weighted by atomic mass is 10.1. The number of ether oxygens (including phenoxy) is 1. The van der Waals surface area contributed by atoms with Crippen LogP contribution in [0.4, 0.5) is 20.6 Å². The number of anilines is 2. The van der Waals surface area contributed by atoms with Crippen LogP contribution in [0.2, 0.25) is 0 Å². The number of carbonyl (C=O) groups excluding carboxylic acids is 3. The molecule has 4 rings (SSSR count). The average molecular weight is 438 g/mol. The highest BCUT2D eigenvalue weighted by Gasteiger charge is 2.35. The second-order valence-corrected chi connectivity index (χ2v) is 7.53. The number of halogens is 1. The second-order valence-electron chi connectivity index (χ2n) is 7.53. The van der Waals surface area contributed by atoms with Gasteiger partial charge in [-0.15, -0.1) is 0 Å². The first-order chi connectivity index (χ1) is 15.5. The van der Waals surface area contributed by atoms with Gasteiger partial charge in [-0.2, -0.15) is 0 Å². The van der Waals surface area contributed by atoms with E-state index in [4.69, 9.17) is 4.74 Å². The van der Waals surface area contributed by atoms with Gasteiger partial charge in [0, 0.05) is 13.1 Å². The highest BCUT2D eigenvalue weighted by atomic mass is 19.1. The van der Waals surface area contributed by atoms with E-state index in [2.05, 4.69) is 10.6 Å². The first-order valence-electron chi connectivity index (χ1n) is 10.3. The maximum atomic E-state index is 14.6. The minimum absolute atomic E-state index is 0.0200. The van der Waals surface area contributed by atoms with Crippen molar-refractivity contribution in [2.24, 2.45) is 0 Å². The number of nitrogens with zero attached hydrogens (tertiary/aromatic N) is 2. The third-order valence-corrected chi connectivity index (χ3v) is 5.37. The zero-order chi connectivity index (χ0) is 22.7. The quantitative estimate of drug-likeness (QED) is 0.535. The van der Waals surface area contributed by atoms with Gasteiger partial charge in [-0.25, -0.2) is 14.1 Å². The normalized spacial score (nSPS) is 17.1. The Morgan fingerprint density at radius 2 is 1.94 bits per heavy atom. The van der Waals surface area contributed by atoms with Gasteiger partial charge < -0.3 is 20.3 Å². The van der Waals surface area contributed by atoms with Crippen LogP contribution in [-0.4, -0.2) is 49.5 Å². The van der Waals surface area contributed by atoms with Crippen molar-refractivity contribution >= 4 is 35.3 Å². The summed E-state index contributed by atoms with van der Waals surface area (Å²) in [5.74, 6) is -1.14. The van der Waals surface area contributed by atoms with Gasteiger partial charge in [0.15, 0.2) is 0 Å². The summed E-state index contributed by atoms with van der Waals surface area (Å²) in [6.45, 7) is 1.16. The van der Waals surface area contributed by atoms with Gasteiger partial charge in [0.25, 0.3) is 5.91 Å². The fourth-order valence-corrected chi connectivity index (χ4v) is 3.79. The molecule has 0 radical (unpaired) electrons. The zero-order valence-corrected chi connectivity index (χ0v) is 17.6. The van der Waals surface area contributed by atoms with Crippen LogP contribution < -0.4 is 20.3 Å². The van der Waals surface area contributed by atoms with Gasteiger partial charge in [0.2, 0.25) is 5.91 Å². The van der Waals surface area contributed by atoms with Crippen LogP contribution in [0, 0.1) is 5.82 Å². The van der Waals surface area contributed by atoms with Gasteiger partial charge in [-0.05, 0) is 48.7 Å². The molecule has 166 valence electrons. The van der Waals surface area contributed by atoms with E-state index < -0.39 is 24.4 Å². The van der Waals surface area contributed by atoms with Crippen LogP contribution in [0.3, 0.4) is 0 Å². The van der Waals surface area contributed by atoms with Gasteiger partial charge in [0.05, 0.1) is 18.5 Å². The summed E-state index contributed by atoms with van der Waals surface area (Å²) in [6.07, 6.45) is 3.47. The van der Waals surface area contributed by atoms with Crippen molar-refractivity contribution in [2.75, 3.05) is 37.0 Å². The Kier molecular flexibility index (Phi) is 6.07. The lowest BCUT2D eigenvalue weighted by molar-refractivity contribution is -0.127. The Balaban J connectivity index is 1.45. The summed E-state index contributed by atoms with van der Waals surface area (Å²) in [5, 5.41) is 5.07. The minimum Gasteiger partial charge on any atom is -0.495 e. The highest BCUT2D eigenvalue weighted by Crippen LogP contribution is 2.26. The fourth-order valence-electron chi connectivity index (χ4n) is 3.79. The number of para-hydroxylation sites is 2. The van der Waals surface area contributed by atoms with Crippen LogP contribution in [0.15, 0.2) is 48.2 Å². The van der Waals surface area contributed by atoms with E-state index in [0.29, 0.717) is 22.7 Å². The van der Waals surface area contributed by atoms with Crippen molar-refractivity contribution in [3.63, 3.8) is 0 Å². The number of carbonyl (C=O) groups is 3. The van der Waals surface area contributed by atoms with Crippen molar-refractivity contribution in [3.05, 3.63) is 59.5 Å². The molecule has 2 saturated heterocycles. The maximum absolute atomic E-state index is 14.6. The van der Waals surface area contributed by atoms with E-state index in [9.17, 15) is 18.8 Å². The molecule has 2 N–H and O–H groups in total. The Hall–Kier alpha value is -3.88. The third-order valence-electron chi connectivity index (χ3n) is 5.37. The summed E-state index contributed by atoms with van der Waals surface area (Å²) in [6, 6.07) is 10.8. The summed E-state index contributed by atoms with van der Waals surface area (Å²) >= 11 is 0. The van der Waals surface area contributed by atoms with Crippen LogP contribution >= 0.6 is 0 Å². The largest absolute Gasteiger partial charge is 0.495 e. The third kappa shape index (κ3) is 4.41. The Morgan fingerprint density at radius 3 is 2.66 bits per heavy atom.